The highest BCUT2D eigenvalue weighted by Gasteiger charge is 2.23. The molecule has 0 spiro atoms. The molecule has 0 amide bonds. The van der Waals surface area contributed by atoms with Crippen LogP contribution in [0.25, 0.3) is 11.2 Å². The molecule has 0 radical (unpaired) electrons. The number of aliphatic hydroxyl groups is 1. The molecule has 4 rings (SSSR count). The van der Waals surface area contributed by atoms with Crippen molar-refractivity contribution in [1.29, 1.82) is 0 Å². The first-order valence-electron chi connectivity index (χ1n) is 8.40. The van der Waals surface area contributed by atoms with Crippen molar-refractivity contribution in [1.82, 2.24) is 34.9 Å². The van der Waals surface area contributed by atoms with Gasteiger partial charge in [0.05, 0.1) is 18.6 Å². The van der Waals surface area contributed by atoms with Crippen LogP contribution >= 0.6 is 0 Å². The van der Waals surface area contributed by atoms with Crippen LogP contribution in [-0.2, 0) is 6.54 Å². The van der Waals surface area contributed by atoms with E-state index >= 15 is 0 Å². The Kier molecular flexibility index (Phi) is 3.96. The van der Waals surface area contributed by atoms with Gasteiger partial charge in [0, 0.05) is 19.6 Å². The summed E-state index contributed by atoms with van der Waals surface area (Å²) in [4.78, 5) is 18.0. The van der Waals surface area contributed by atoms with Gasteiger partial charge in [0.15, 0.2) is 11.5 Å². The lowest BCUT2D eigenvalue weighted by Gasteiger charge is -2.32. The molecule has 4 heterocycles. The summed E-state index contributed by atoms with van der Waals surface area (Å²) in [5.74, 6) is 1.57. The Morgan fingerprint density at radius 3 is 2.88 bits per heavy atom. The standard InChI is InChI=1S/C15H21N9O/c1-9(25)11-7-24(22-21-11)6-10-2-4-23(5-3-10)14-12-13(18-8-17-12)19-15(16)20-14/h7-10,25H,2-6H2,1H3,(H3,16,17,18,19,20)/t9-/m0/s1. The van der Waals surface area contributed by atoms with Crippen LogP contribution in [-0.4, -0.2) is 53.1 Å². The first-order valence-corrected chi connectivity index (χ1v) is 8.40. The Labute approximate surface area is 144 Å². The number of aromatic nitrogens is 7. The van der Waals surface area contributed by atoms with E-state index in [9.17, 15) is 5.11 Å². The highest BCUT2D eigenvalue weighted by atomic mass is 16.3. The third-order valence-electron chi connectivity index (χ3n) is 4.63. The number of anilines is 2. The second-order valence-corrected chi connectivity index (χ2v) is 6.48. The largest absolute Gasteiger partial charge is 0.387 e. The lowest BCUT2D eigenvalue weighted by molar-refractivity contribution is 0.194. The van der Waals surface area contributed by atoms with Crippen molar-refractivity contribution >= 4 is 22.9 Å². The number of aromatic amines is 1. The molecule has 1 atom stereocenters. The molecule has 1 aliphatic heterocycles. The normalized spacial score (nSPS) is 17.3. The quantitative estimate of drug-likeness (QED) is 0.623. The summed E-state index contributed by atoms with van der Waals surface area (Å²) in [6.07, 6.45) is 4.87. The van der Waals surface area contributed by atoms with Crippen LogP contribution in [0.3, 0.4) is 0 Å². The third kappa shape index (κ3) is 3.12. The topological polar surface area (TPSA) is 135 Å². The zero-order chi connectivity index (χ0) is 17.4. The van der Waals surface area contributed by atoms with E-state index < -0.39 is 6.10 Å². The van der Waals surface area contributed by atoms with Gasteiger partial charge >= 0.3 is 0 Å². The van der Waals surface area contributed by atoms with E-state index in [1.54, 1.807) is 13.3 Å². The lowest BCUT2D eigenvalue weighted by atomic mass is 9.97. The van der Waals surface area contributed by atoms with Gasteiger partial charge in [-0.2, -0.15) is 9.97 Å². The van der Waals surface area contributed by atoms with Crippen LogP contribution < -0.4 is 10.6 Å². The van der Waals surface area contributed by atoms with Crippen molar-refractivity contribution in [2.24, 2.45) is 5.92 Å². The molecule has 10 nitrogen and oxygen atoms in total. The van der Waals surface area contributed by atoms with Gasteiger partial charge in [0.1, 0.15) is 11.2 Å². The van der Waals surface area contributed by atoms with Gasteiger partial charge in [-0.25, -0.2) is 4.98 Å². The summed E-state index contributed by atoms with van der Waals surface area (Å²) in [5.41, 5.74) is 7.83. The van der Waals surface area contributed by atoms with Crippen LogP contribution in [0.4, 0.5) is 11.8 Å². The Bertz CT molecular complexity index is 863. The Morgan fingerprint density at radius 2 is 2.16 bits per heavy atom. The highest BCUT2D eigenvalue weighted by Crippen LogP contribution is 2.27. The van der Waals surface area contributed by atoms with E-state index in [4.69, 9.17) is 5.73 Å². The maximum atomic E-state index is 9.54. The number of nitrogens with one attached hydrogen (secondary N) is 1. The molecule has 3 aromatic heterocycles. The van der Waals surface area contributed by atoms with Gasteiger partial charge < -0.3 is 20.7 Å². The van der Waals surface area contributed by atoms with Crippen molar-refractivity contribution in [2.75, 3.05) is 23.7 Å². The smallest absolute Gasteiger partial charge is 0.224 e. The number of fused-ring (bicyclic) bond motifs is 1. The number of rotatable bonds is 4. The molecule has 0 unspecified atom stereocenters. The molecule has 0 saturated carbocycles. The predicted octanol–water partition coefficient (Wildman–Crippen LogP) is 0.496. The Hall–Kier alpha value is -2.75. The summed E-state index contributed by atoms with van der Waals surface area (Å²) >= 11 is 0. The fourth-order valence-electron chi connectivity index (χ4n) is 3.25. The Balaban J connectivity index is 1.43. The second kappa shape index (κ2) is 6.28. The van der Waals surface area contributed by atoms with Crippen LogP contribution in [0.5, 0.6) is 0 Å². The number of hydrogen-bond acceptors (Lipinski definition) is 8. The number of H-pyrrole nitrogens is 1. The number of imidazole rings is 1. The minimum absolute atomic E-state index is 0.241. The maximum Gasteiger partial charge on any atom is 0.224 e. The summed E-state index contributed by atoms with van der Waals surface area (Å²) < 4.78 is 1.82. The molecule has 0 aliphatic carbocycles. The van der Waals surface area contributed by atoms with Crippen LogP contribution in [0.15, 0.2) is 12.5 Å². The summed E-state index contributed by atoms with van der Waals surface area (Å²) in [6, 6.07) is 0. The first kappa shape index (κ1) is 15.8. The number of nitrogen functional groups attached to an aromatic ring is 1. The molecule has 0 bridgehead atoms. The predicted molar refractivity (Wildman–Crippen MR) is 91.7 cm³/mol. The van der Waals surface area contributed by atoms with Gasteiger partial charge in [-0.3, -0.25) is 4.68 Å². The molecule has 25 heavy (non-hydrogen) atoms. The summed E-state index contributed by atoms with van der Waals surface area (Å²) in [5, 5.41) is 17.6. The average Bonchev–Trinajstić information content (AvgIpc) is 3.24. The number of hydrogen-bond donors (Lipinski definition) is 3. The number of piperidine rings is 1. The number of nitrogens with zero attached hydrogens (tertiary/aromatic N) is 7. The van der Waals surface area contributed by atoms with Gasteiger partial charge in [-0.1, -0.05) is 5.21 Å². The van der Waals surface area contributed by atoms with Gasteiger partial charge in [0.25, 0.3) is 0 Å². The van der Waals surface area contributed by atoms with Crippen molar-refractivity contribution in [2.45, 2.75) is 32.4 Å². The first-order chi connectivity index (χ1) is 12.1. The lowest BCUT2D eigenvalue weighted by Crippen LogP contribution is -2.36. The van der Waals surface area contributed by atoms with E-state index in [2.05, 4.69) is 35.1 Å². The summed E-state index contributed by atoms with van der Waals surface area (Å²) in [6.45, 7) is 4.26. The van der Waals surface area contributed by atoms with Crippen molar-refractivity contribution < 1.29 is 5.11 Å². The zero-order valence-electron chi connectivity index (χ0n) is 14.0. The Morgan fingerprint density at radius 1 is 1.36 bits per heavy atom. The SMILES string of the molecule is C[C@H](O)c1cn(CC2CCN(c3nc(N)nc4nc[nH]c34)CC2)nn1. The molecule has 132 valence electrons. The maximum absolute atomic E-state index is 9.54. The molecule has 3 aromatic rings. The molecule has 1 aliphatic rings. The minimum atomic E-state index is -0.587. The molecule has 4 N–H and O–H groups in total. The average molecular weight is 343 g/mol. The second-order valence-electron chi connectivity index (χ2n) is 6.48. The van der Waals surface area contributed by atoms with Crippen LogP contribution in [0.1, 0.15) is 31.6 Å². The molecule has 0 aromatic carbocycles. The zero-order valence-corrected chi connectivity index (χ0v) is 14.0. The van der Waals surface area contributed by atoms with Crippen LogP contribution in [0, 0.1) is 5.92 Å². The number of nitrogens with two attached hydrogens (primary N) is 1. The van der Waals surface area contributed by atoms with E-state index in [-0.39, 0.29) is 5.95 Å². The molecule has 1 saturated heterocycles. The monoisotopic (exact) mass is 343 g/mol. The highest BCUT2D eigenvalue weighted by molar-refractivity contribution is 5.84. The van der Waals surface area contributed by atoms with E-state index in [0.717, 1.165) is 43.8 Å². The van der Waals surface area contributed by atoms with E-state index in [0.29, 0.717) is 17.3 Å². The van der Waals surface area contributed by atoms with Crippen LogP contribution in [0.2, 0.25) is 0 Å². The molecular formula is C15H21N9O. The van der Waals surface area contributed by atoms with Crippen molar-refractivity contribution in [3.05, 3.63) is 18.2 Å². The van der Waals surface area contributed by atoms with E-state index in [1.807, 2.05) is 10.9 Å². The van der Waals surface area contributed by atoms with Crippen molar-refractivity contribution in [3.63, 3.8) is 0 Å². The van der Waals surface area contributed by atoms with Crippen molar-refractivity contribution in [3.8, 4) is 0 Å². The fourth-order valence-corrected chi connectivity index (χ4v) is 3.25. The molecule has 10 heteroatoms. The third-order valence-corrected chi connectivity index (χ3v) is 4.63. The van der Waals surface area contributed by atoms with Gasteiger partial charge in [-0.15, -0.1) is 5.10 Å². The minimum Gasteiger partial charge on any atom is -0.387 e. The van der Waals surface area contributed by atoms with Gasteiger partial charge in [-0.05, 0) is 25.7 Å². The molecule has 1 fully saturated rings. The summed E-state index contributed by atoms with van der Waals surface area (Å²) in [7, 11) is 0. The fraction of sp³-hybridized carbons (Fsp3) is 0.533. The number of aliphatic hydroxyl groups excluding tert-OH is 1. The van der Waals surface area contributed by atoms with E-state index in [1.165, 1.54) is 0 Å². The molecular weight excluding hydrogens is 322 g/mol. The van der Waals surface area contributed by atoms with Gasteiger partial charge in [0.2, 0.25) is 5.95 Å².